The minimum absolute atomic E-state index is 0.143. The van der Waals surface area contributed by atoms with Gasteiger partial charge in [0.05, 0.1) is 19.6 Å². The fourth-order valence-corrected chi connectivity index (χ4v) is 2.71. The number of carbonyl (C=O) groups excluding carboxylic acids is 1. The molecule has 0 aliphatic heterocycles. The van der Waals surface area contributed by atoms with Crippen molar-refractivity contribution < 1.29 is 22.7 Å². The third kappa shape index (κ3) is 4.60. The first-order chi connectivity index (χ1) is 11.4. The van der Waals surface area contributed by atoms with Crippen LogP contribution >= 0.6 is 0 Å². The van der Waals surface area contributed by atoms with Gasteiger partial charge in [-0.25, -0.2) is 13.1 Å². The molecule has 0 spiro atoms. The van der Waals surface area contributed by atoms with Crippen LogP contribution in [0.2, 0.25) is 0 Å². The second-order valence-corrected chi connectivity index (χ2v) is 6.33. The first-order valence-electron chi connectivity index (χ1n) is 6.97. The molecule has 0 saturated carbocycles. The minimum Gasteiger partial charge on any atom is -0.493 e. The standard InChI is InChI=1S/C17H17NO5S/c1-22-15-9-8-14(12-16(15)23-2)17(19)18-24(20,21)11-10-13-6-4-3-5-7-13/h3-12H,1-2H3,(H,18,19)/b11-10+. The van der Waals surface area contributed by atoms with Crippen LogP contribution in [0.5, 0.6) is 11.5 Å². The molecule has 6 nitrogen and oxygen atoms in total. The van der Waals surface area contributed by atoms with Crippen LogP contribution in [0.25, 0.3) is 6.08 Å². The maximum absolute atomic E-state index is 12.1. The molecule has 0 unspecified atom stereocenters. The van der Waals surface area contributed by atoms with Gasteiger partial charge >= 0.3 is 0 Å². The van der Waals surface area contributed by atoms with Gasteiger partial charge in [0.1, 0.15) is 0 Å². The van der Waals surface area contributed by atoms with Crippen molar-refractivity contribution in [2.45, 2.75) is 0 Å². The van der Waals surface area contributed by atoms with Crippen LogP contribution in [-0.4, -0.2) is 28.5 Å². The van der Waals surface area contributed by atoms with Gasteiger partial charge in [-0.2, -0.15) is 0 Å². The fourth-order valence-electron chi connectivity index (χ4n) is 1.93. The highest BCUT2D eigenvalue weighted by atomic mass is 32.2. The molecule has 0 aromatic heterocycles. The van der Waals surface area contributed by atoms with Crippen molar-refractivity contribution >= 4 is 22.0 Å². The molecule has 2 rings (SSSR count). The Kier molecular flexibility index (Phi) is 5.59. The second-order valence-electron chi connectivity index (χ2n) is 4.76. The Morgan fingerprint density at radius 1 is 1.00 bits per heavy atom. The number of methoxy groups -OCH3 is 2. The largest absolute Gasteiger partial charge is 0.493 e. The Morgan fingerprint density at radius 2 is 1.67 bits per heavy atom. The van der Waals surface area contributed by atoms with E-state index in [4.69, 9.17) is 9.47 Å². The highest BCUT2D eigenvalue weighted by Crippen LogP contribution is 2.27. The zero-order chi connectivity index (χ0) is 17.6. The summed E-state index contributed by atoms with van der Waals surface area (Å²) in [5, 5.41) is 0.945. The van der Waals surface area contributed by atoms with Gasteiger partial charge in [0, 0.05) is 5.56 Å². The third-order valence-electron chi connectivity index (χ3n) is 3.12. The smallest absolute Gasteiger partial charge is 0.265 e. The molecule has 24 heavy (non-hydrogen) atoms. The lowest BCUT2D eigenvalue weighted by Gasteiger charge is -2.09. The van der Waals surface area contributed by atoms with Gasteiger partial charge in [-0.3, -0.25) is 4.79 Å². The summed E-state index contributed by atoms with van der Waals surface area (Å²) in [5.41, 5.74) is 0.853. The Hall–Kier alpha value is -2.80. The normalized spacial score (nSPS) is 11.2. The minimum atomic E-state index is -3.91. The first-order valence-corrected chi connectivity index (χ1v) is 8.52. The number of amides is 1. The molecule has 1 amide bonds. The number of ether oxygens (including phenoxy) is 2. The SMILES string of the molecule is COc1ccc(C(=O)NS(=O)(=O)/C=C/c2ccccc2)cc1OC. The molecular weight excluding hydrogens is 330 g/mol. The lowest BCUT2D eigenvalue weighted by Crippen LogP contribution is -2.28. The van der Waals surface area contributed by atoms with Crippen molar-refractivity contribution in [2.75, 3.05) is 14.2 Å². The van der Waals surface area contributed by atoms with Crippen molar-refractivity contribution in [1.82, 2.24) is 4.72 Å². The van der Waals surface area contributed by atoms with Crippen LogP contribution in [0.3, 0.4) is 0 Å². The molecule has 126 valence electrons. The molecule has 0 saturated heterocycles. The number of hydrogen-bond acceptors (Lipinski definition) is 5. The second kappa shape index (κ2) is 7.65. The van der Waals surface area contributed by atoms with Crippen molar-refractivity contribution in [3.05, 3.63) is 65.1 Å². The summed E-state index contributed by atoms with van der Waals surface area (Å²) in [6.07, 6.45) is 1.41. The van der Waals surface area contributed by atoms with Crippen molar-refractivity contribution in [1.29, 1.82) is 0 Å². The van der Waals surface area contributed by atoms with E-state index in [-0.39, 0.29) is 5.56 Å². The number of rotatable bonds is 6. The number of benzene rings is 2. The van der Waals surface area contributed by atoms with Crippen LogP contribution < -0.4 is 14.2 Å². The zero-order valence-corrected chi connectivity index (χ0v) is 14.0. The Labute approximate surface area is 140 Å². The van der Waals surface area contributed by atoms with Gasteiger partial charge in [-0.15, -0.1) is 0 Å². The van der Waals surface area contributed by atoms with Gasteiger partial charge in [-0.1, -0.05) is 30.3 Å². The van der Waals surface area contributed by atoms with E-state index in [1.807, 2.05) is 10.8 Å². The van der Waals surface area contributed by atoms with Crippen molar-refractivity contribution in [2.24, 2.45) is 0 Å². The molecule has 0 fully saturated rings. The Balaban J connectivity index is 2.15. The highest BCUT2D eigenvalue weighted by molar-refractivity contribution is 7.93. The molecule has 1 N–H and O–H groups in total. The van der Waals surface area contributed by atoms with E-state index in [1.165, 1.54) is 38.5 Å². The summed E-state index contributed by atoms with van der Waals surface area (Å²) in [7, 11) is -1.02. The topological polar surface area (TPSA) is 81.7 Å². The quantitative estimate of drug-likeness (QED) is 0.868. The summed E-state index contributed by atoms with van der Waals surface area (Å²) in [5.74, 6) is 0.0249. The van der Waals surface area contributed by atoms with Crippen LogP contribution in [0.15, 0.2) is 53.9 Å². The molecule has 2 aromatic rings. The summed E-state index contributed by atoms with van der Waals surface area (Å²) in [6, 6.07) is 13.3. The first kappa shape index (κ1) is 17.6. The number of nitrogens with one attached hydrogen (secondary N) is 1. The Morgan fingerprint density at radius 3 is 2.29 bits per heavy atom. The predicted molar refractivity (Wildman–Crippen MR) is 91.4 cm³/mol. The zero-order valence-electron chi connectivity index (χ0n) is 13.2. The molecule has 0 atom stereocenters. The molecule has 0 bridgehead atoms. The fraction of sp³-hybridized carbons (Fsp3) is 0.118. The van der Waals surface area contributed by atoms with Gasteiger partial charge in [0.2, 0.25) is 0 Å². The van der Waals surface area contributed by atoms with Gasteiger partial charge in [-0.05, 0) is 29.8 Å². The number of sulfonamides is 1. The summed E-state index contributed by atoms with van der Waals surface area (Å²) in [6.45, 7) is 0. The van der Waals surface area contributed by atoms with E-state index < -0.39 is 15.9 Å². The monoisotopic (exact) mass is 347 g/mol. The van der Waals surface area contributed by atoms with Crippen LogP contribution in [0, 0.1) is 0 Å². The van der Waals surface area contributed by atoms with Crippen LogP contribution in [0.4, 0.5) is 0 Å². The Bertz CT molecular complexity index is 845. The lowest BCUT2D eigenvalue weighted by atomic mass is 10.2. The molecule has 0 heterocycles. The summed E-state index contributed by atoms with van der Waals surface area (Å²) in [4.78, 5) is 12.1. The molecule has 0 radical (unpaired) electrons. The summed E-state index contributed by atoms with van der Waals surface area (Å²) >= 11 is 0. The van der Waals surface area contributed by atoms with Gasteiger partial charge < -0.3 is 9.47 Å². The molecular formula is C17H17NO5S. The van der Waals surface area contributed by atoms with E-state index in [2.05, 4.69) is 0 Å². The molecule has 0 aliphatic rings. The number of hydrogen-bond donors (Lipinski definition) is 1. The molecule has 2 aromatic carbocycles. The third-order valence-corrected chi connectivity index (χ3v) is 4.08. The van der Waals surface area contributed by atoms with Gasteiger partial charge in [0.15, 0.2) is 11.5 Å². The number of carbonyl (C=O) groups is 1. The van der Waals surface area contributed by atoms with E-state index >= 15 is 0 Å². The van der Waals surface area contributed by atoms with Crippen LogP contribution in [-0.2, 0) is 10.0 Å². The van der Waals surface area contributed by atoms with Crippen molar-refractivity contribution in [3.63, 3.8) is 0 Å². The predicted octanol–water partition coefficient (Wildman–Crippen LogP) is 2.43. The summed E-state index contributed by atoms with van der Waals surface area (Å²) < 4.78 is 36.1. The van der Waals surface area contributed by atoms with E-state index in [9.17, 15) is 13.2 Å². The van der Waals surface area contributed by atoms with E-state index in [1.54, 1.807) is 24.3 Å². The average molecular weight is 347 g/mol. The lowest BCUT2D eigenvalue weighted by molar-refractivity contribution is 0.0981. The van der Waals surface area contributed by atoms with E-state index in [0.717, 1.165) is 5.41 Å². The molecule has 0 aliphatic carbocycles. The van der Waals surface area contributed by atoms with Crippen LogP contribution in [0.1, 0.15) is 15.9 Å². The maximum Gasteiger partial charge on any atom is 0.265 e. The van der Waals surface area contributed by atoms with Crippen molar-refractivity contribution in [3.8, 4) is 11.5 Å². The van der Waals surface area contributed by atoms with E-state index in [0.29, 0.717) is 17.1 Å². The highest BCUT2D eigenvalue weighted by Gasteiger charge is 2.15. The average Bonchev–Trinajstić information content (AvgIpc) is 2.60. The van der Waals surface area contributed by atoms with Gasteiger partial charge in [0.25, 0.3) is 15.9 Å². The molecule has 7 heteroatoms. The maximum atomic E-state index is 12.1.